The van der Waals surface area contributed by atoms with Gasteiger partial charge in [0.05, 0.1) is 6.61 Å². The second-order valence-electron chi connectivity index (χ2n) is 3.78. The highest BCUT2D eigenvalue weighted by atomic mass is 16.6. The molecule has 0 heterocycles. The molecule has 0 bridgehead atoms. The van der Waals surface area contributed by atoms with Crippen LogP contribution < -0.4 is 11.2 Å². The van der Waals surface area contributed by atoms with Gasteiger partial charge in [-0.05, 0) is 12.0 Å². The van der Waals surface area contributed by atoms with Gasteiger partial charge < -0.3 is 10.8 Å². The van der Waals surface area contributed by atoms with Gasteiger partial charge in [0.1, 0.15) is 6.04 Å². The minimum absolute atomic E-state index is 0.0967. The highest BCUT2D eigenvalue weighted by Gasteiger charge is 2.16. The van der Waals surface area contributed by atoms with Crippen molar-refractivity contribution in [3.63, 3.8) is 0 Å². The van der Waals surface area contributed by atoms with E-state index in [1.54, 1.807) is 0 Å². The number of hydrogen-bond acceptors (Lipinski definition) is 4. The van der Waals surface area contributed by atoms with Crippen LogP contribution in [0.5, 0.6) is 0 Å². The van der Waals surface area contributed by atoms with Crippen molar-refractivity contribution in [1.29, 1.82) is 0 Å². The normalized spacial score (nSPS) is 12.0. The van der Waals surface area contributed by atoms with Crippen LogP contribution in [-0.4, -0.2) is 23.0 Å². The Balaban J connectivity index is 2.34. The molecule has 18 heavy (non-hydrogen) atoms. The quantitative estimate of drug-likeness (QED) is 0.582. The summed E-state index contributed by atoms with van der Waals surface area (Å²) in [6.45, 7) is 0.275. The number of carbonyl (C=O) groups is 2. The highest BCUT2D eigenvalue weighted by molar-refractivity contribution is 5.80. The molecule has 1 aromatic carbocycles. The molecule has 0 saturated heterocycles. The lowest BCUT2D eigenvalue weighted by Crippen LogP contribution is -2.41. The van der Waals surface area contributed by atoms with Crippen molar-refractivity contribution in [3.8, 4) is 0 Å². The van der Waals surface area contributed by atoms with Gasteiger partial charge in [-0.1, -0.05) is 30.3 Å². The maximum absolute atomic E-state index is 11.0. The summed E-state index contributed by atoms with van der Waals surface area (Å²) in [5.41, 5.74) is 8.55. The van der Waals surface area contributed by atoms with Crippen molar-refractivity contribution in [3.05, 3.63) is 35.9 Å². The van der Waals surface area contributed by atoms with E-state index < -0.39 is 17.9 Å². The van der Waals surface area contributed by atoms with Gasteiger partial charge in [0.2, 0.25) is 5.91 Å². The van der Waals surface area contributed by atoms with Crippen LogP contribution in [0.2, 0.25) is 0 Å². The zero-order chi connectivity index (χ0) is 13.4. The smallest absolute Gasteiger partial charge is 0.303 e. The molecule has 6 nitrogen and oxygen atoms in total. The molecule has 0 aliphatic rings. The molecule has 0 saturated carbocycles. The van der Waals surface area contributed by atoms with Crippen molar-refractivity contribution < 1.29 is 19.5 Å². The van der Waals surface area contributed by atoms with Crippen LogP contribution in [0.1, 0.15) is 18.4 Å². The average molecular weight is 252 g/mol. The first kappa shape index (κ1) is 14.1. The van der Waals surface area contributed by atoms with E-state index in [-0.39, 0.29) is 19.4 Å². The molecule has 1 atom stereocenters. The molecule has 6 heteroatoms. The van der Waals surface area contributed by atoms with Crippen molar-refractivity contribution in [2.45, 2.75) is 25.5 Å². The molecule has 0 fully saturated rings. The lowest BCUT2D eigenvalue weighted by Gasteiger charge is -2.14. The number of primary amides is 1. The third-order valence-corrected chi connectivity index (χ3v) is 2.30. The minimum Gasteiger partial charge on any atom is -0.481 e. The summed E-state index contributed by atoms with van der Waals surface area (Å²) in [4.78, 5) is 26.6. The zero-order valence-electron chi connectivity index (χ0n) is 9.83. The summed E-state index contributed by atoms with van der Waals surface area (Å²) in [6.07, 6.45) is -0.0469. The highest BCUT2D eigenvalue weighted by Crippen LogP contribution is 2.01. The number of carbonyl (C=O) groups excluding carboxylic acids is 1. The molecular formula is C12H16N2O4. The van der Waals surface area contributed by atoms with Crippen molar-refractivity contribution in [1.82, 2.24) is 5.48 Å². The van der Waals surface area contributed by atoms with Crippen LogP contribution >= 0.6 is 0 Å². The number of rotatable bonds is 8. The van der Waals surface area contributed by atoms with Crippen molar-refractivity contribution in [2.24, 2.45) is 5.73 Å². The van der Waals surface area contributed by atoms with E-state index in [1.165, 1.54) is 0 Å². The number of hydrogen-bond donors (Lipinski definition) is 3. The standard InChI is InChI=1S/C12H16N2O4/c13-12(17)10(6-7-11(15)16)14-18-8-9-4-2-1-3-5-9/h1-5,10,14H,6-8H2,(H2,13,17)(H,15,16)/t10-/m0/s1. The third-order valence-electron chi connectivity index (χ3n) is 2.30. The maximum atomic E-state index is 11.0. The summed E-state index contributed by atoms with van der Waals surface area (Å²) in [7, 11) is 0. The van der Waals surface area contributed by atoms with Crippen LogP contribution in [0.4, 0.5) is 0 Å². The van der Waals surface area contributed by atoms with Crippen molar-refractivity contribution in [2.75, 3.05) is 0 Å². The largest absolute Gasteiger partial charge is 0.481 e. The Labute approximate surface area is 105 Å². The van der Waals surface area contributed by atoms with Gasteiger partial charge in [-0.3, -0.25) is 14.4 Å². The molecule has 1 aromatic rings. The number of carboxylic acid groups (broad SMARTS) is 1. The second-order valence-corrected chi connectivity index (χ2v) is 3.78. The number of amides is 1. The van der Waals surface area contributed by atoms with E-state index in [4.69, 9.17) is 15.7 Å². The van der Waals surface area contributed by atoms with Gasteiger partial charge in [0.15, 0.2) is 0 Å². The van der Waals surface area contributed by atoms with Crippen LogP contribution in [0.25, 0.3) is 0 Å². The molecule has 0 aromatic heterocycles. The summed E-state index contributed by atoms with van der Waals surface area (Å²) in [5.74, 6) is -1.62. The number of hydroxylamine groups is 1. The molecule has 4 N–H and O–H groups in total. The average Bonchev–Trinajstić information content (AvgIpc) is 2.34. The molecule has 0 spiro atoms. The molecule has 1 rings (SSSR count). The molecule has 0 aliphatic carbocycles. The molecule has 98 valence electrons. The third kappa shape index (κ3) is 5.42. The van der Waals surface area contributed by atoms with E-state index in [0.29, 0.717) is 0 Å². The number of carboxylic acids is 1. The fraction of sp³-hybridized carbons (Fsp3) is 0.333. The monoisotopic (exact) mass is 252 g/mol. The maximum Gasteiger partial charge on any atom is 0.303 e. The number of nitrogens with two attached hydrogens (primary N) is 1. The number of aliphatic carboxylic acids is 1. The Kier molecular flexibility index (Phi) is 5.83. The van der Waals surface area contributed by atoms with Gasteiger partial charge in [-0.2, -0.15) is 5.48 Å². The fourth-order valence-corrected chi connectivity index (χ4v) is 1.33. The lowest BCUT2D eigenvalue weighted by atomic mass is 10.1. The predicted octanol–water partition coefficient (Wildman–Crippen LogP) is 0.427. The first-order valence-corrected chi connectivity index (χ1v) is 5.52. The Bertz CT molecular complexity index is 394. The molecule has 0 unspecified atom stereocenters. The zero-order valence-corrected chi connectivity index (χ0v) is 9.83. The SMILES string of the molecule is NC(=O)[C@H](CCC(=O)O)NOCc1ccccc1. The Hall–Kier alpha value is -1.92. The van der Waals surface area contributed by atoms with Gasteiger partial charge >= 0.3 is 5.97 Å². The molecule has 0 aliphatic heterocycles. The van der Waals surface area contributed by atoms with Crippen molar-refractivity contribution >= 4 is 11.9 Å². The first-order valence-electron chi connectivity index (χ1n) is 5.52. The Morgan fingerprint density at radius 1 is 1.33 bits per heavy atom. The van der Waals surface area contributed by atoms with Crippen LogP contribution in [0.15, 0.2) is 30.3 Å². The first-order chi connectivity index (χ1) is 8.59. The summed E-state index contributed by atoms with van der Waals surface area (Å²) in [6, 6.07) is 8.57. The predicted molar refractivity (Wildman–Crippen MR) is 64.2 cm³/mol. The van der Waals surface area contributed by atoms with Crippen LogP contribution in [0.3, 0.4) is 0 Å². The molecular weight excluding hydrogens is 236 g/mol. The second kappa shape index (κ2) is 7.41. The van der Waals surface area contributed by atoms with E-state index in [0.717, 1.165) is 5.56 Å². The summed E-state index contributed by atoms with van der Waals surface area (Å²) in [5, 5.41) is 8.53. The topological polar surface area (TPSA) is 102 Å². The Morgan fingerprint density at radius 3 is 2.56 bits per heavy atom. The number of nitrogens with one attached hydrogen (secondary N) is 1. The minimum atomic E-state index is -0.980. The van der Waals surface area contributed by atoms with E-state index in [1.807, 2.05) is 30.3 Å². The van der Waals surface area contributed by atoms with Gasteiger partial charge in [0.25, 0.3) is 0 Å². The molecule has 0 radical (unpaired) electrons. The van der Waals surface area contributed by atoms with Gasteiger partial charge in [0, 0.05) is 6.42 Å². The van der Waals surface area contributed by atoms with E-state index in [9.17, 15) is 9.59 Å². The fourth-order valence-electron chi connectivity index (χ4n) is 1.33. The van der Waals surface area contributed by atoms with Gasteiger partial charge in [-0.25, -0.2) is 0 Å². The number of benzene rings is 1. The summed E-state index contributed by atoms with van der Waals surface area (Å²) >= 11 is 0. The summed E-state index contributed by atoms with van der Waals surface area (Å²) < 4.78 is 0. The molecule has 1 amide bonds. The van der Waals surface area contributed by atoms with E-state index in [2.05, 4.69) is 5.48 Å². The van der Waals surface area contributed by atoms with Crippen LogP contribution in [-0.2, 0) is 21.0 Å². The van der Waals surface area contributed by atoms with Gasteiger partial charge in [-0.15, -0.1) is 0 Å². The lowest BCUT2D eigenvalue weighted by molar-refractivity contribution is -0.137. The van der Waals surface area contributed by atoms with E-state index >= 15 is 0 Å². The Morgan fingerprint density at radius 2 is 2.00 bits per heavy atom. The van der Waals surface area contributed by atoms with Crippen LogP contribution in [0, 0.1) is 0 Å².